The normalized spacial score (nSPS) is 39.6. The van der Waals surface area contributed by atoms with Crippen molar-refractivity contribution in [1.82, 2.24) is 0 Å². The molecule has 5 atom stereocenters. The number of aliphatic hydroxyl groups excluding tert-OH is 1. The molecule has 4 aliphatic carbocycles. The van der Waals surface area contributed by atoms with Crippen LogP contribution in [-0.2, 0) is 9.53 Å². The minimum atomic E-state index is -0.372. The highest BCUT2D eigenvalue weighted by Gasteiger charge is 2.55. The summed E-state index contributed by atoms with van der Waals surface area (Å²) in [6.07, 6.45) is 13.7. The average molecular weight is 469 g/mol. The van der Waals surface area contributed by atoms with E-state index in [4.69, 9.17) is 4.74 Å². The lowest BCUT2D eigenvalue weighted by atomic mass is 9.49. The van der Waals surface area contributed by atoms with Gasteiger partial charge in [-0.15, -0.1) is 0 Å². The van der Waals surface area contributed by atoms with Crippen LogP contribution < -0.4 is 0 Å². The standard InChI is InChI=1S/C31H48O3/c1-20-13-16-31(27(33)34-8)18-17-28(3,4)19-24(31)22(20)10-11-23-21(2)9-12-25-29(5,6)26(32)14-15-30(23,25)7/h10-11,24-26,32H,9,12-19H2,1-8H3/b11-10-/t24-,25?,26-,30+,31+/m0/s1. The van der Waals surface area contributed by atoms with Crippen molar-refractivity contribution in [3.05, 3.63) is 34.4 Å². The summed E-state index contributed by atoms with van der Waals surface area (Å²) in [6, 6.07) is 0. The van der Waals surface area contributed by atoms with Gasteiger partial charge in [0.1, 0.15) is 0 Å². The smallest absolute Gasteiger partial charge is 0.312 e. The summed E-state index contributed by atoms with van der Waals surface area (Å²) in [5, 5.41) is 10.8. The third-order valence-electron chi connectivity index (χ3n) is 10.9. The van der Waals surface area contributed by atoms with Gasteiger partial charge in [0.15, 0.2) is 0 Å². The van der Waals surface area contributed by atoms with Gasteiger partial charge in [0.25, 0.3) is 0 Å². The third-order valence-corrected chi connectivity index (χ3v) is 10.9. The summed E-state index contributed by atoms with van der Waals surface area (Å²) in [4.78, 5) is 13.2. The van der Waals surface area contributed by atoms with E-state index >= 15 is 0 Å². The number of carbonyl (C=O) groups excluding carboxylic acids is 1. The molecule has 0 bridgehead atoms. The number of ether oxygens (including phenoxy) is 1. The molecule has 0 radical (unpaired) electrons. The number of hydrogen-bond donors (Lipinski definition) is 1. The SMILES string of the molecule is COC(=O)[C@@]12CCC(C)=C(/C=C\C3=C(C)CCC4C(C)(C)[C@@H](O)CC[C@]34C)[C@@H]1CC(C)(C)CC2. The van der Waals surface area contributed by atoms with E-state index in [9.17, 15) is 9.90 Å². The van der Waals surface area contributed by atoms with Crippen molar-refractivity contribution in [1.29, 1.82) is 0 Å². The molecule has 0 aromatic rings. The molecule has 1 unspecified atom stereocenters. The Labute approximate surface area is 208 Å². The average Bonchev–Trinajstić information content (AvgIpc) is 2.76. The third kappa shape index (κ3) is 3.94. The van der Waals surface area contributed by atoms with Crippen molar-refractivity contribution in [2.45, 2.75) is 112 Å². The van der Waals surface area contributed by atoms with E-state index in [1.807, 2.05) is 0 Å². The number of aliphatic hydroxyl groups is 1. The summed E-state index contributed by atoms with van der Waals surface area (Å²) < 4.78 is 5.41. The molecule has 0 saturated heterocycles. The van der Waals surface area contributed by atoms with Crippen molar-refractivity contribution in [2.24, 2.45) is 33.5 Å². The molecule has 0 aromatic carbocycles. The fourth-order valence-electron chi connectivity index (χ4n) is 8.49. The molecule has 2 fully saturated rings. The zero-order valence-corrected chi connectivity index (χ0v) is 23.0. The van der Waals surface area contributed by atoms with Crippen molar-refractivity contribution >= 4 is 5.97 Å². The monoisotopic (exact) mass is 468 g/mol. The lowest BCUT2D eigenvalue weighted by molar-refractivity contribution is -0.161. The highest BCUT2D eigenvalue weighted by atomic mass is 16.5. The quantitative estimate of drug-likeness (QED) is 0.435. The van der Waals surface area contributed by atoms with Crippen molar-refractivity contribution < 1.29 is 14.6 Å². The predicted molar refractivity (Wildman–Crippen MR) is 139 cm³/mol. The molecule has 3 nitrogen and oxygen atoms in total. The molecule has 34 heavy (non-hydrogen) atoms. The topological polar surface area (TPSA) is 46.5 Å². The lowest BCUT2D eigenvalue weighted by Gasteiger charge is -2.56. The first-order valence-corrected chi connectivity index (χ1v) is 13.6. The summed E-state index contributed by atoms with van der Waals surface area (Å²) in [5.41, 5.74) is 5.69. The van der Waals surface area contributed by atoms with Crippen LogP contribution in [0.3, 0.4) is 0 Å². The van der Waals surface area contributed by atoms with Gasteiger partial charge in [-0.3, -0.25) is 4.79 Å². The number of rotatable bonds is 3. The van der Waals surface area contributed by atoms with Crippen LogP contribution in [0.15, 0.2) is 34.4 Å². The molecule has 2 saturated carbocycles. The Bertz CT molecular complexity index is 932. The Kier molecular flexibility index (Phi) is 6.54. The molecule has 0 aromatic heterocycles. The van der Waals surface area contributed by atoms with E-state index in [2.05, 4.69) is 60.6 Å². The van der Waals surface area contributed by atoms with Crippen LogP contribution in [0.25, 0.3) is 0 Å². The van der Waals surface area contributed by atoms with Gasteiger partial charge in [0, 0.05) is 5.92 Å². The number of carbonyl (C=O) groups is 1. The molecule has 0 spiro atoms. The largest absolute Gasteiger partial charge is 0.469 e. The Morgan fingerprint density at radius 3 is 2.32 bits per heavy atom. The van der Waals surface area contributed by atoms with E-state index in [-0.39, 0.29) is 39.7 Å². The zero-order valence-electron chi connectivity index (χ0n) is 23.0. The van der Waals surface area contributed by atoms with Gasteiger partial charge in [0.05, 0.1) is 18.6 Å². The van der Waals surface area contributed by atoms with Crippen LogP contribution in [0.2, 0.25) is 0 Å². The van der Waals surface area contributed by atoms with Crippen molar-refractivity contribution in [3.8, 4) is 0 Å². The number of esters is 1. The molecule has 1 N–H and O–H groups in total. The number of methoxy groups -OCH3 is 1. The van der Waals surface area contributed by atoms with Crippen LogP contribution in [0, 0.1) is 33.5 Å². The summed E-state index contributed by atoms with van der Waals surface area (Å²) >= 11 is 0. The first-order chi connectivity index (χ1) is 15.8. The van der Waals surface area contributed by atoms with Gasteiger partial charge >= 0.3 is 5.97 Å². The highest BCUT2D eigenvalue weighted by Crippen LogP contribution is 2.61. The molecule has 4 rings (SSSR count). The minimum Gasteiger partial charge on any atom is -0.469 e. The van der Waals surface area contributed by atoms with Gasteiger partial charge in [-0.25, -0.2) is 0 Å². The summed E-state index contributed by atoms with van der Waals surface area (Å²) in [5.74, 6) is 0.706. The Balaban J connectivity index is 1.74. The molecule has 3 heteroatoms. The summed E-state index contributed by atoms with van der Waals surface area (Å²) in [7, 11) is 1.56. The molecule has 0 heterocycles. The van der Waals surface area contributed by atoms with Gasteiger partial charge in [-0.2, -0.15) is 0 Å². The predicted octanol–water partition coefficient (Wildman–Crippen LogP) is 7.55. The van der Waals surface area contributed by atoms with Crippen LogP contribution in [0.5, 0.6) is 0 Å². The van der Waals surface area contributed by atoms with Crippen LogP contribution in [-0.4, -0.2) is 24.3 Å². The van der Waals surface area contributed by atoms with E-state index < -0.39 is 0 Å². The van der Waals surface area contributed by atoms with Gasteiger partial charge in [0.2, 0.25) is 0 Å². The number of allylic oxidation sites excluding steroid dienone is 6. The molecule has 0 aliphatic heterocycles. The van der Waals surface area contributed by atoms with Crippen molar-refractivity contribution in [3.63, 3.8) is 0 Å². The Morgan fingerprint density at radius 1 is 0.941 bits per heavy atom. The maximum absolute atomic E-state index is 13.2. The molecular weight excluding hydrogens is 420 g/mol. The lowest BCUT2D eigenvalue weighted by Crippen LogP contribution is -2.51. The van der Waals surface area contributed by atoms with E-state index in [1.54, 1.807) is 7.11 Å². The second kappa shape index (κ2) is 8.64. The van der Waals surface area contributed by atoms with Gasteiger partial charge in [-0.05, 0) is 105 Å². The number of hydrogen-bond acceptors (Lipinski definition) is 3. The maximum Gasteiger partial charge on any atom is 0.312 e. The van der Waals surface area contributed by atoms with Crippen molar-refractivity contribution in [2.75, 3.05) is 7.11 Å². The van der Waals surface area contributed by atoms with Crippen LogP contribution in [0.4, 0.5) is 0 Å². The maximum atomic E-state index is 13.2. The molecule has 4 aliphatic rings. The van der Waals surface area contributed by atoms with Crippen LogP contribution in [0.1, 0.15) is 106 Å². The molecule has 0 amide bonds. The molecular formula is C31H48O3. The molecule has 190 valence electrons. The first-order valence-electron chi connectivity index (χ1n) is 13.6. The highest BCUT2D eigenvalue weighted by molar-refractivity contribution is 5.78. The zero-order chi connectivity index (χ0) is 25.1. The first kappa shape index (κ1) is 25.7. The Hall–Kier alpha value is -1.35. The van der Waals surface area contributed by atoms with Gasteiger partial charge < -0.3 is 9.84 Å². The fourth-order valence-corrected chi connectivity index (χ4v) is 8.49. The number of fused-ring (bicyclic) bond motifs is 2. The Morgan fingerprint density at radius 2 is 1.65 bits per heavy atom. The second-order valence-corrected chi connectivity index (χ2v) is 13.7. The minimum absolute atomic E-state index is 0.00509. The fraction of sp³-hybridized carbons (Fsp3) is 0.774. The van der Waals surface area contributed by atoms with E-state index in [1.165, 1.54) is 22.3 Å². The van der Waals surface area contributed by atoms with Crippen LogP contribution >= 0.6 is 0 Å². The van der Waals surface area contributed by atoms with Gasteiger partial charge in [-0.1, -0.05) is 57.9 Å². The van der Waals surface area contributed by atoms with E-state index in [0.717, 1.165) is 57.8 Å². The van der Waals surface area contributed by atoms with E-state index in [0.29, 0.717) is 5.92 Å². The second-order valence-electron chi connectivity index (χ2n) is 13.7. The summed E-state index contributed by atoms with van der Waals surface area (Å²) in [6.45, 7) is 16.3.